The van der Waals surface area contributed by atoms with Crippen molar-refractivity contribution in [3.05, 3.63) is 59.7 Å². The molecule has 0 bridgehead atoms. The van der Waals surface area contributed by atoms with Gasteiger partial charge in [-0.25, -0.2) is 9.59 Å². The monoisotopic (exact) mass is 930 g/mol. The van der Waals surface area contributed by atoms with E-state index in [1.54, 1.807) is 107 Å². The Bertz CT molecular complexity index is 1790. The van der Waals surface area contributed by atoms with Gasteiger partial charge in [0.05, 0.1) is 0 Å². The van der Waals surface area contributed by atoms with Crippen LogP contribution < -0.4 is 21.3 Å². The van der Waals surface area contributed by atoms with Gasteiger partial charge in [0.15, 0.2) is 0 Å². The Labute approximate surface area is 384 Å². The van der Waals surface area contributed by atoms with Crippen LogP contribution >= 0.6 is 21.6 Å². The number of carbonyl (C=O) groups excluding carboxylic acids is 8. The molecule has 2 atom stereocenters. The zero-order valence-electron chi connectivity index (χ0n) is 39.1. The van der Waals surface area contributed by atoms with E-state index < -0.39 is 70.2 Å². The normalized spacial score (nSPS) is 12.8. The van der Waals surface area contributed by atoms with Crippen molar-refractivity contribution < 1.29 is 57.3 Å². The number of rotatable bonds is 21. The fraction of sp³-hybridized carbons (Fsp3) is 0.565. The van der Waals surface area contributed by atoms with E-state index in [1.165, 1.54) is 45.9 Å². The molecule has 0 saturated carbocycles. The second-order valence-electron chi connectivity index (χ2n) is 18.8. The summed E-state index contributed by atoms with van der Waals surface area (Å²) in [6.07, 6.45) is 0.145. The number of carbonyl (C=O) groups is 8. The van der Waals surface area contributed by atoms with E-state index in [0.29, 0.717) is 22.9 Å². The van der Waals surface area contributed by atoms with Crippen LogP contribution in [0.25, 0.3) is 0 Å². The summed E-state index contributed by atoms with van der Waals surface area (Å²) >= 11 is 0. The van der Waals surface area contributed by atoms with Gasteiger partial charge >= 0.3 is 23.9 Å². The molecule has 2 aromatic carbocycles. The minimum Gasteiger partial charge on any atom is -0.460 e. The summed E-state index contributed by atoms with van der Waals surface area (Å²) in [5, 5.41) is 10.9. The third-order valence-corrected chi connectivity index (χ3v) is 10.3. The molecule has 4 amide bonds. The van der Waals surface area contributed by atoms with Crippen LogP contribution in [-0.2, 0) is 47.7 Å². The molecular formula is C46H66N4O12S2. The molecule has 64 heavy (non-hydrogen) atoms. The minimum absolute atomic E-state index is 0.0183. The molecule has 18 heteroatoms. The molecule has 0 spiro atoms. The van der Waals surface area contributed by atoms with Gasteiger partial charge in [-0.2, -0.15) is 0 Å². The molecule has 2 aromatic rings. The largest absolute Gasteiger partial charge is 0.460 e. The van der Waals surface area contributed by atoms with Crippen LogP contribution in [0.1, 0.15) is 142 Å². The molecule has 16 nitrogen and oxygen atoms in total. The van der Waals surface area contributed by atoms with Crippen molar-refractivity contribution >= 4 is 80.5 Å². The second-order valence-corrected chi connectivity index (χ2v) is 21.5. The van der Waals surface area contributed by atoms with Crippen molar-refractivity contribution in [2.24, 2.45) is 0 Å². The van der Waals surface area contributed by atoms with E-state index in [0.717, 1.165) is 0 Å². The summed E-state index contributed by atoms with van der Waals surface area (Å²) in [4.78, 5) is 102. The molecule has 2 rings (SSSR count). The zero-order valence-corrected chi connectivity index (χ0v) is 40.8. The molecule has 0 fully saturated rings. The quantitative estimate of drug-likeness (QED) is 0.0411. The molecule has 354 valence electrons. The van der Waals surface area contributed by atoms with Gasteiger partial charge in [-0.3, -0.25) is 28.8 Å². The third-order valence-electron chi connectivity index (χ3n) is 7.88. The Morgan fingerprint density at radius 2 is 0.750 bits per heavy atom. The van der Waals surface area contributed by atoms with Crippen LogP contribution in [0.5, 0.6) is 0 Å². The number of ether oxygens (including phenoxy) is 4. The number of hydrogen-bond donors (Lipinski definition) is 4. The first-order valence-corrected chi connectivity index (χ1v) is 23.5. The first-order chi connectivity index (χ1) is 29.5. The first kappa shape index (κ1) is 55.0. The predicted octanol–water partition coefficient (Wildman–Crippen LogP) is 7.55. The van der Waals surface area contributed by atoms with Crippen LogP contribution in [0.4, 0.5) is 11.4 Å². The number of benzene rings is 2. The molecule has 0 aliphatic heterocycles. The van der Waals surface area contributed by atoms with E-state index in [4.69, 9.17) is 18.9 Å². The topological polar surface area (TPSA) is 222 Å². The number of hydrogen-bond acceptors (Lipinski definition) is 14. The van der Waals surface area contributed by atoms with Crippen molar-refractivity contribution in [2.75, 3.05) is 22.1 Å². The first-order valence-electron chi connectivity index (χ1n) is 21.0. The number of esters is 4. The van der Waals surface area contributed by atoms with Crippen molar-refractivity contribution in [3.63, 3.8) is 0 Å². The van der Waals surface area contributed by atoms with Crippen molar-refractivity contribution in [3.8, 4) is 0 Å². The molecule has 0 aromatic heterocycles. The highest BCUT2D eigenvalue weighted by Gasteiger charge is 2.30. The smallest absolute Gasteiger partial charge is 0.329 e. The summed E-state index contributed by atoms with van der Waals surface area (Å²) in [5.74, 6) is -3.01. The third kappa shape index (κ3) is 24.1. The average molecular weight is 931 g/mol. The fourth-order valence-electron chi connectivity index (χ4n) is 5.28. The van der Waals surface area contributed by atoms with Crippen LogP contribution in [-0.4, -0.2) is 93.5 Å². The second kappa shape index (κ2) is 24.8. The van der Waals surface area contributed by atoms with Gasteiger partial charge in [0, 0.05) is 59.7 Å². The minimum atomic E-state index is -1.09. The lowest BCUT2D eigenvalue weighted by Gasteiger charge is -2.25. The van der Waals surface area contributed by atoms with Crippen LogP contribution in [0.2, 0.25) is 0 Å². The lowest BCUT2D eigenvalue weighted by atomic mass is 10.1. The maximum Gasteiger partial charge on any atom is 0.329 e. The molecule has 2 unspecified atom stereocenters. The predicted molar refractivity (Wildman–Crippen MR) is 249 cm³/mol. The SMILES string of the molecule is CC(C)(C)OC(=O)CCC(NC(=O)c1ccc(NC(=O)CCSSCCC(=O)Nc2ccc(C(=O)NC(CCC(=O)OC(C)(C)C)C(=O)OC(C)(C)C)cc2)cc1)C(=O)OC(C)(C)C. The highest BCUT2D eigenvalue weighted by Crippen LogP contribution is 2.24. The molecular weight excluding hydrogens is 865 g/mol. The summed E-state index contributed by atoms with van der Waals surface area (Å²) in [7, 11) is 2.88. The fourth-order valence-corrected chi connectivity index (χ4v) is 7.26. The van der Waals surface area contributed by atoms with Crippen molar-refractivity contribution in [2.45, 2.75) is 156 Å². The van der Waals surface area contributed by atoms with Crippen LogP contribution in [0.3, 0.4) is 0 Å². The highest BCUT2D eigenvalue weighted by atomic mass is 33.1. The van der Waals surface area contributed by atoms with Crippen molar-refractivity contribution in [1.82, 2.24) is 10.6 Å². The van der Waals surface area contributed by atoms with E-state index in [-0.39, 0.29) is 61.5 Å². The standard InChI is InChI=1S/C46H66N4O12S2/c1-43(2,3)59-37(53)23-21-33(41(57)61-45(7,8)9)49-39(55)29-13-17-31(18-14-29)47-35(51)25-27-63-64-28-26-36(52)48-32-19-15-30(16-20-32)40(56)50-34(42(58)62-46(10,11)12)22-24-38(54)60-44(4,5)6/h13-20,33-34H,21-28H2,1-12H3,(H,47,51)(H,48,52)(H,49,55)(H,50,56). The lowest BCUT2D eigenvalue weighted by molar-refractivity contribution is -0.160. The van der Waals surface area contributed by atoms with Gasteiger partial charge in [-0.05, 0) is 144 Å². The van der Waals surface area contributed by atoms with E-state index in [9.17, 15) is 38.4 Å². The molecule has 0 heterocycles. The van der Waals surface area contributed by atoms with Gasteiger partial charge in [-0.15, -0.1) is 0 Å². The number of nitrogens with one attached hydrogen (secondary N) is 4. The van der Waals surface area contributed by atoms with Crippen LogP contribution in [0.15, 0.2) is 48.5 Å². The summed E-state index contributed by atoms with van der Waals surface area (Å²) in [6, 6.07) is 10.1. The van der Waals surface area contributed by atoms with Gasteiger partial charge < -0.3 is 40.2 Å². The Balaban J connectivity index is 1.79. The van der Waals surface area contributed by atoms with Gasteiger partial charge in [0.25, 0.3) is 11.8 Å². The van der Waals surface area contributed by atoms with Gasteiger partial charge in [0.1, 0.15) is 34.5 Å². The maximum atomic E-state index is 13.1. The Morgan fingerprint density at radius 3 is 1.03 bits per heavy atom. The molecule has 4 N–H and O–H groups in total. The molecule has 0 aliphatic carbocycles. The van der Waals surface area contributed by atoms with Gasteiger partial charge in [-0.1, -0.05) is 21.6 Å². The number of amides is 4. The van der Waals surface area contributed by atoms with E-state index >= 15 is 0 Å². The Hall–Kier alpha value is -5.10. The Kier molecular flexibility index (Phi) is 21.3. The van der Waals surface area contributed by atoms with E-state index in [1.807, 2.05) is 0 Å². The van der Waals surface area contributed by atoms with Crippen molar-refractivity contribution in [1.29, 1.82) is 0 Å². The molecule has 0 aliphatic rings. The summed E-state index contributed by atoms with van der Waals surface area (Å²) < 4.78 is 21.6. The molecule has 0 radical (unpaired) electrons. The lowest BCUT2D eigenvalue weighted by Crippen LogP contribution is -2.44. The molecule has 0 saturated heterocycles. The summed E-state index contributed by atoms with van der Waals surface area (Å²) in [6.45, 7) is 20.6. The number of anilines is 2. The van der Waals surface area contributed by atoms with Gasteiger partial charge in [0.2, 0.25) is 11.8 Å². The highest BCUT2D eigenvalue weighted by molar-refractivity contribution is 8.76. The Morgan fingerprint density at radius 1 is 0.453 bits per heavy atom. The van der Waals surface area contributed by atoms with Crippen LogP contribution in [0, 0.1) is 0 Å². The van der Waals surface area contributed by atoms with E-state index in [2.05, 4.69) is 21.3 Å². The average Bonchev–Trinajstić information content (AvgIpc) is 3.13. The maximum absolute atomic E-state index is 13.1. The zero-order chi connectivity index (χ0) is 48.5. The summed E-state index contributed by atoms with van der Waals surface area (Å²) in [5.41, 5.74) is -1.60.